The molecule has 0 aromatic carbocycles. The van der Waals surface area contributed by atoms with E-state index in [2.05, 4.69) is 47.6 Å². The highest BCUT2D eigenvalue weighted by molar-refractivity contribution is 5.70. The van der Waals surface area contributed by atoms with Gasteiger partial charge < -0.3 is 29.9 Å². The minimum Gasteiger partial charge on any atom is -0.481 e. The van der Waals surface area contributed by atoms with E-state index in [0.717, 1.165) is 57.8 Å². The number of aliphatic hydroxyl groups is 3. The van der Waals surface area contributed by atoms with E-state index in [1.807, 2.05) is 0 Å². The van der Waals surface area contributed by atoms with Crippen LogP contribution in [0.4, 0.5) is 0 Å². The number of aliphatic hydroxyl groups excluding tert-OH is 3. The smallest absolute Gasteiger partial charge is 0.306 e. The highest BCUT2D eigenvalue weighted by Gasteiger charge is 2.67. The van der Waals surface area contributed by atoms with Gasteiger partial charge in [0.2, 0.25) is 0 Å². The highest BCUT2D eigenvalue weighted by atomic mass is 16.7. The first-order chi connectivity index (χ1) is 19.2. The molecule has 0 aromatic heterocycles. The van der Waals surface area contributed by atoms with E-state index < -0.39 is 30.6 Å². The third-order valence-electron chi connectivity index (χ3n) is 14.4. The second-order valence-electron chi connectivity index (χ2n) is 16.3. The summed E-state index contributed by atoms with van der Waals surface area (Å²) in [5.74, 6) is 1.39. The van der Waals surface area contributed by atoms with Gasteiger partial charge in [-0.15, -0.1) is 0 Å². The van der Waals surface area contributed by atoms with Gasteiger partial charge in [0, 0.05) is 0 Å². The molecule has 5 fully saturated rings. The van der Waals surface area contributed by atoms with Crippen molar-refractivity contribution in [1.82, 2.24) is 0 Å². The zero-order chi connectivity index (χ0) is 29.7. The van der Waals surface area contributed by atoms with Crippen molar-refractivity contribution in [3.8, 4) is 0 Å². The molecule has 0 amide bonds. The summed E-state index contributed by atoms with van der Waals surface area (Å²) in [6.07, 6.45) is 7.11. The molecule has 6 aliphatic rings. The summed E-state index contributed by atoms with van der Waals surface area (Å²) in [6, 6.07) is 0. The third kappa shape index (κ3) is 4.18. The summed E-state index contributed by atoms with van der Waals surface area (Å²) >= 11 is 0. The van der Waals surface area contributed by atoms with Crippen LogP contribution in [0.5, 0.6) is 0 Å². The van der Waals surface area contributed by atoms with Crippen LogP contribution in [0.3, 0.4) is 0 Å². The van der Waals surface area contributed by atoms with Crippen LogP contribution in [0.25, 0.3) is 0 Å². The maximum atomic E-state index is 12.2. The average Bonchev–Trinajstić information content (AvgIpc) is 2.90. The van der Waals surface area contributed by atoms with Gasteiger partial charge in [-0.25, -0.2) is 0 Å². The highest BCUT2D eigenvalue weighted by Crippen LogP contribution is 2.74. The van der Waals surface area contributed by atoms with Gasteiger partial charge in [0.1, 0.15) is 18.3 Å². The van der Waals surface area contributed by atoms with E-state index >= 15 is 0 Å². The van der Waals surface area contributed by atoms with Crippen molar-refractivity contribution in [2.24, 2.45) is 57.2 Å². The molecule has 1 saturated heterocycles. The topological polar surface area (TPSA) is 116 Å². The summed E-state index contributed by atoms with van der Waals surface area (Å²) in [5, 5.41) is 40.7. The number of carbonyl (C=O) groups is 1. The van der Waals surface area contributed by atoms with Gasteiger partial charge in [0.25, 0.3) is 0 Å². The predicted octanol–water partition coefficient (Wildman–Crippen LogP) is 5.16. The summed E-state index contributed by atoms with van der Waals surface area (Å²) in [4.78, 5) is 12.2. The van der Waals surface area contributed by atoms with E-state index in [1.165, 1.54) is 0 Å². The largest absolute Gasteiger partial charge is 0.481 e. The van der Waals surface area contributed by atoms with E-state index in [1.54, 1.807) is 5.57 Å². The van der Waals surface area contributed by atoms with Crippen molar-refractivity contribution in [3.05, 3.63) is 11.6 Å². The van der Waals surface area contributed by atoms with Crippen LogP contribution < -0.4 is 0 Å². The molecule has 5 aliphatic carbocycles. The number of hydrogen-bond donors (Lipinski definition) is 4. The zero-order valence-electron chi connectivity index (χ0n) is 26.0. The normalized spacial score (nSPS) is 54.6. The number of fused-ring (bicyclic) bond motifs is 7. The van der Waals surface area contributed by atoms with Crippen molar-refractivity contribution in [3.63, 3.8) is 0 Å². The van der Waals surface area contributed by atoms with Crippen LogP contribution in [0.1, 0.15) is 99.3 Å². The summed E-state index contributed by atoms with van der Waals surface area (Å²) in [6.45, 7) is 14.6. The molecule has 0 aromatic rings. The fraction of sp³-hybridized carbons (Fsp3) is 0.912. The number of ether oxygens (including phenoxy) is 2. The van der Waals surface area contributed by atoms with Crippen molar-refractivity contribution in [2.45, 2.75) is 130 Å². The fourth-order valence-electron chi connectivity index (χ4n) is 11.9. The monoisotopic (exact) mass is 574 g/mol. The Bertz CT molecular complexity index is 1070. The molecule has 6 rings (SSSR count). The minimum absolute atomic E-state index is 0.0431. The molecule has 4 saturated carbocycles. The van der Waals surface area contributed by atoms with E-state index in [0.29, 0.717) is 23.7 Å². The van der Waals surface area contributed by atoms with Gasteiger partial charge in [0.05, 0.1) is 18.6 Å². The van der Waals surface area contributed by atoms with Crippen LogP contribution in [-0.4, -0.2) is 63.7 Å². The van der Waals surface area contributed by atoms with Crippen molar-refractivity contribution in [2.75, 3.05) is 6.61 Å². The Labute approximate surface area is 246 Å². The van der Waals surface area contributed by atoms with Gasteiger partial charge in [-0.3, -0.25) is 4.79 Å². The zero-order valence-corrected chi connectivity index (χ0v) is 26.0. The molecule has 41 heavy (non-hydrogen) atoms. The van der Waals surface area contributed by atoms with Crippen molar-refractivity contribution < 1.29 is 34.7 Å². The average molecular weight is 575 g/mol. The maximum Gasteiger partial charge on any atom is 0.306 e. The Balaban J connectivity index is 1.28. The summed E-state index contributed by atoms with van der Waals surface area (Å²) in [5.41, 5.74) is 1.84. The molecule has 7 nitrogen and oxygen atoms in total. The number of rotatable bonds is 3. The number of carboxylic acid groups (broad SMARTS) is 1. The van der Waals surface area contributed by atoms with E-state index in [-0.39, 0.29) is 46.2 Å². The van der Waals surface area contributed by atoms with E-state index in [4.69, 9.17) is 9.47 Å². The molecule has 14 atom stereocenters. The van der Waals surface area contributed by atoms with Crippen LogP contribution >= 0.6 is 0 Å². The molecule has 0 spiro atoms. The molecule has 0 radical (unpaired) electrons. The first kappa shape index (κ1) is 30.1. The SMILES string of the molecule is CC1CCC(C(=O)O)C2CCC3(C)C(=CCC4C5(C)CCC(OC6OCC(O)C(O)C6O)C(C)(C)C5CCC43C)C12. The maximum absolute atomic E-state index is 12.2. The summed E-state index contributed by atoms with van der Waals surface area (Å²) < 4.78 is 12.1. The quantitative estimate of drug-likeness (QED) is 0.272. The Morgan fingerprint density at radius 2 is 1.66 bits per heavy atom. The lowest BCUT2D eigenvalue weighted by Crippen LogP contribution is -2.65. The molecule has 4 N–H and O–H groups in total. The Morgan fingerprint density at radius 3 is 2.37 bits per heavy atom. The number of allylic oxidation sites excluding steroid dienone is 2. The lowest BCUT2D eigenvalue weighted by Gasteiger charge is -2.71. The minimum atomic E-state index is -1.27. The molecule has 1 aliphatic heterocycles. The van der Waals surface area contributed by atoms with Gasteiger partial charge in [-0.1, -0.05) is 53.2 Å². The molecular formula is C34H54O7. The van der Waals surface area contributed by atoms with Gasteiger partial charge in [-0.2, -0.15) is 0 Å². The number of hydrogen-bond acceptors (Lipinski definition) is 6. The first-order valence-corrected chi connectivity index (χ1v) is 16.4. The van der Waals surface area contributed by atoms with Crippen LogP contribution in [-0.2, 0) is 14.3 Å². The Morgan fingerprint density at radius 1 is 0.927 bits per heavy atom. The first-order valence-electron chi connectivity index (χ1n) is 16.4. The second kappa shape index (κ2) is 10.0. The molecule has 232 valence electrons. The van der Waals surface area contributed by atoms with Crippen molar-refractivity contribution in [1.29, 1.82) is 0 Å². The van der Waals surface area contributed by atoms with Crippen LogP contribution in [0.15, 0.2) is 11.6 Å². The molecule has 0 bridgehead atoms. The molecule has 1 heterocycles. The molecular weight excluding hydrogens is 520 g/mol. The fourth-order valence-corrected chi connectivity index (χ4v) is 11.9. The standard InChI is InChI=1S/C34H54O7/c1-18-7-8-20(29(38)39)19-11-15-33(5)21(26(18)19)9-10-24-32(4)14-13-25(31(2,3)23(32)12-16-34(24,33)6)41-30-28(37)27(36)22(35)17-40-30/h9,18-20,22-28,30,35-37H,7-8,10-17H2,1-6H3,(H,38,39). The molecule has 7 heteroatoms. The number of aliphatic carboxylic acids is 1. The van der Waals surface area contributed by atoms with Crippen LogP contribution in [0.2, 0.25) is 0 Å². The van der Waals surface area contributed by atoms with Gasteiger partial charge >= 0.3 is 5.97 Å². The van der Waals surface area contributed by atoms with Gasteiger partial charge in [-0.05, 0) is 109 Å². The lowest BCUT2D eigenvalue weighted by atomic mass is 9.34. The predicted molar refractivity (Wildman–Crippen MR) is 155 cm³/mol. The molecule has 14 unspecified atom stereocenters. The van der Waals surface area contributed by atoms with Gasteiger partial charge in [0.15, 0.2) is 6.29 Å². The van der Waals surface area contributed by atoms with Crippen molar-refractivity contribution >= 4 is 5.97 Å². The van der Waals surface area contributed by atoms with E-state index in [9.17, 15) is 25.2 Å². The van der Waals surface area contributed by atoms with Crippen LogP contribution in [0, 0.1) is 57.2 Å². The number of carboxylic acids is 1. The third-order valence-corrected chi connectivity index (χ3v) is 14.4. The Hall–Kier alpha value is -0.990. The second-order valence-corrected chi connectivity index (χ2v) is 16.3. The Kier molecular flexibility index (Phi) is 7.34. The summed E-state index contributed by atoms with van der Waals surface area (Å²) in [7, 11) is 0. The lowest BCUT2D eigenvalue weighted by molar-refractivity contribution is -0.308.